The van der Waals surface area contributed by atoms with Crippen LogP contribution < -0.4 is 5.32 Å². The SMILES string of the molecule is CCC(=CCNCC(O)C(F)F)C(=O)OC. The van der Waals surface area contributed by atoms with Crippen LogP contribution in [0.25, 0.3) is 0 Å². The Morgan fingerprint density at radius 3 is 2.62 bits per heavy atom. The molecule has 0 aromatic rings. The minimum Gasteiger partial charge on any atom is -0.466 e. The van der Waals surface area contributed by atoms with Crippen molar-refractivity contribution >= 4 is 5.97 Å². The van der Waals surface area contributed by atoms with E-state index in [0.29, 0.717) is 12.0 Å². The predicted octanol–water partition coefficient (Wildman–Crippen LogP) is 0.711. The molecule has 1 atom stereocenters. The molecule has 0 aliphatic rings. The molecule has 0 aliphatic heterocycles. The number of nitrogens with one attached hydrogen (secondary N) is 1. The lowest BCUT2D eigenvalue weighted by molar-refractivity contribution is -0.136. The normalized spacial score (nSPS) is 14.0. The van der Waals surface area contributed by atoms with Crippen molar-refractivity contribution in [1.29, 1.82) is 0 Å². The van der Waals surface area contributed by atoms with Crippen molar-refractivity contribution in [2.75, 3.05) is 20.2 Å². The average molecular weight is 237 g/mol. The number of carbonyl (C=O) groups excluding carboxylic acids is 1. The third-order valence-electron chi connectivity index (χ3n) is 1.97. The first kappa shape index (κ1) is 15.0. The number of halogens is 2. The highest BCUT2D eigenvalue weighted by molar-refractivity contribution is 5.88. The molecule has 6 heteroatoms. The van der Waals surface area contributed by atoms with E-state index in [2.05, 4.69) is 10.1 Å². The molecular weight excluding hydrogens is 220 g/mol. The molecule has 0 fully saturated rings. The molecule has 94 valence electrons. The zero-order chi connectivity index (χ0) is 12.6. The van der Waals surface area contributed by atoms with Gasteiger partial charge in [-0.2, -0.15) is 0 Å². The fraction of sp³-hybridized carbons (Fsp3) is 0.700. The van der Waals surface area contributed by atoms with Crippen LogP contribution in [0.3, 0.4) is 0 Å². The fourth-order valence-electron chi connectivity index (χ4n) is 1.02. The summed E-state index contributed by atoms with van der Waals surface area (Å²) < 4.78 is 28.3. The molecule has 0 aromatic heterocycles. The van der Waals surface area contributed by atoms with Gasteiger partial charge in [0, 0.05) is 18.7 Å². The number of methoxy groups -OCH3 is 1. The highest BCUT2D eigenvalue weighted by Gasteiger charge is 2.15. The van der Waals surface area contributed by atoms with Crippen LogP contribution in [-0.4, -0.2) is 43.8 Å². The zero-order valence-corrected chi connectivity index (χ0v) is 9.37. The van der Waals surface area contributed by atoms with Crippen molar-refractivity contribution in [2.45, 2.75) is 25.9 Å². The molecule has 0 bridgehead atoms. The number of hydrogen-bond donors (Lipinski definition) is 2. The van der Waals surface area contributed by atoms with E-state index in [4.69, 9.17) is 5.11 Å². The monoisotopic (exact) mass is 237 g/mol. The number of aliphatic hydroxyl groups is 1. The lowest BCUT2D eigenvalue weighted by atomic mass is 10.2. The molecule has 0 rings (SSSR count). The molecular formula is C10H17F2NO3. The summed E-state index contributed by atoms with van der Waals surface area (Å²) in [5.41, 5.74) is 0.474. The quantitative estimate of drug-likeness (QED) is 0.389. The minimum atomic E-state index is -2.76. The van der Waals surface area contributed by atoms with Gasteiger partial charge in [-0.25, -0.2) is 13.6 Å². The maximum Gasteiger partial charge on any atom is 0.333 e. The third kappa shape index (κ3) is 5.77. The smallest absolute Gasteiger partial charge is 0.333 e. The minimum absolute atomic E-state index is 0.216. The van der Waals surface area contributed by atoms with Gasteiger partial charge in [0.2, 0.25) is 0 Å². The second kappa shape index (κ2) is 8.18. The van der Waals surface area contributed by atoms with E-state index in [1.54, 1.807) is 13.0 Å². The number of alkyl halides is 2. The van der Waals surface area contributed by atoms with Gasteiger partial charge in [0.1, 0.15) is 6.10 Å². The number of hydrogen-bond acceptors (Lipinski definition) is 4. The Balaban J connectivity index is 3.93. The maximum atomic E-state index is 11.9. The number of aliphatic hydroxyl groups excluding tert-OH is 1. The molecule has 2 N–H and O–H groups in total. The summed E-state index contributed by atoms with van der Waals surface area (Å²) >= 11 is 0. The molecule has 0 radical (unpaired) electrons. The number of carbonyl (C=O) groups is 1. The van der Waals surface area contributed by atoms with Gasteiger partial charge < -0.3 is 15.2 Å². The fourth-order valence-corrected chi connectivity index (χ4v) is 1.02. The average Bonchev–Trinajstić information content (AvgIpc) is 2.27. The molecule has 1 unspecified atom stereocenters. The molecule has 0 amide bonds. The lowest BCUT2D eigenvalue weighted by Crippen LogP contribution is -2.32. The molecule has 0 spiro atoms. The van der Waals surface area contributed by atoms with Crippen LogP contribution in [-0.2, 0) is 9.53 Å². The van der Waals surface area contributed by atoms with Crippen LogP contribution >= 0.6 is 0 Å². The van der Waals surface area contributed by atoms with Crippen molar-refractivity contribution in [3.8, 4) is 0 Å². The first-order valence-corrected chi connectivity index (χ1v) is 4.97. The molecule has 0 aromatic carbocycles. The van der Waals surface area contributed by atoms with Gasteiger partial charge in [0.25, 0.3) is 6.43 Å². The standard InChI is InChI=1S/C10H17F2NO3/c1-3-7(10(15)16-2)4-5-13-6-8(14)9(11)12/h4,8-9,13-14H,3,5-6H2,1-2H3. The van der Waals surface area contributed by atoms with E-state index in [0.717, 1.165) is 0 Å². The Labute approximate surface area is 93.3 Å². The van der Waals surface area contributed by atoms with Gasteiger partial charge in [-0.05, 0) is 6.42 Å². The third-order valence-corrected chi connectivity index (χ3v) is 1.97. The summed E-state index contributed by atoms with van der Waals surface area (Å²) in [6.07, 6.45) is -2.38. The van der Waals surface area contributed by atoms with Gasteiger partial charge in [-0.15, -0.1) is 0 Å². The van der Waals surface area contributed by atoms with Crippen molar-refractivity contribution in [3.05, 3.63) is 11.6 Å². The maximum absolute atomic E-state index is 11.9. The van der Waals surface area contributed by atoms with Gasteiger partial charge in [-0.3, -0.25) is 0 Å². The summed E-state index contributed by atoms with van der Waals surface area (Å²) in [4.78, 5) is 11.1. The summed E-state index contributed by atoms with van der Waals surface area (Å²) in [5.74, 6) is -0.432. The Bertz CT molecular complexity index is 244. The van der Waals surface area contributed by atoms with E-state index in [9.17, 15) is 13.6 Å². The van der Waals surface area contributed by atoms with Gasteiger partial charge in [0.05, 0.1) is 7.11 Å². The first-order chi connectivity index (χ1) is 7.52. The molecule has 0 aliphatic carbocycles. The van der Waals surface area contributed by atoms with E-state index in [1.165, 1.54) is 7.11 Å². The molecule has 0 saturated carbocycles. The lowest BCUT2D eigenvalue weighted by Gasteiger charge is -2.09. The number of ether oxygens (including phenoxy) is 1. The van der Waals surface area contributed by atoms with E-state index in [-0.39, 0.29) is 13.1 Å². The van der Waals surface area contributed by atoms with Crippen molar-refractivity contribution in [2.24, 2.45) is 0 Å². The van der Waals surface area contributed by atoms with E-state index in [1.807, 2.05) is 0 Å². The van der Waals surface area contributed by atoms with Crippen LogP contribution in [0.1, 0.15) is 13.3 Å². The number of rotatable bonds is 7. The molecule has 0 heterocycles. The highest BCUT2D eigenvalue weighted by atomic mass is 19.3. The molecule has 16 heavy (non-hydrogen) atoms. The second-order valence-corrected chi connectivity index (χ2v) is 3.13. The van der Waals surface area contributed by atoms with Crippen molar-refractivity contribution in [1.82, 2.24) is 5.32 Å². The van der Waals surface area contributed by atoms with Crippen molar-refractivity contribution in [3.63, 3.8) is 0 Å². The van der Waals surface area contributed by atoms with Crippen LogP contribution in [0.4, 0.5) is 8.78 Å². The highest BCUT2D eigenvalue weighted by Crippen LogP contribution is 2.02. The molecule has 4 nitrogen and oxygen atoms in total. The number of esters is 1. The van der Waals surface area contributed by atoms with Crippen LogP contribution in [0, 0.1) is 0 Å². The van der Waals surface area contributed by atoms with Crippen LogP contribution in [0.5, 0.6) is 0 Å². The van der Waals surface area contributed by atoms with Gasteiger partial charge in [-0.1, -0.05) is 13.0 Å². The largest absolute Gasteiger partial charge is 0.466 e. The van der Waals surface area contributed by atoms with Crippen LogP contribution in [0.15, 0.2) is 11.6 Å². The summed E-state index contributed by atoms with van der Waals surface area (Å²) in [7, 11) is 1.28. The van der Waals surface area contributed by atoms with E-state index >= 15 is 0 Å². The first-order valence-electron chi connectivity index (χ1n) is 4.97. The van der Waals surface area contributed by atoms with E-state index < -0.39 is 18.5 Å². The zero-order valence-electron chi connectivity index (χ0n) is 9.37. The van der Waals surface area contributed by atoms with Crippen molar-refractivity contribution < 1.29 is 23.4 Å². The summed E-state index contributed by atoms with van der Waals surface area (Å²) in [5, 5.41) is 11.4. The topological polar surface area (TPSA) is 58.6 Å². The Morgan fingerprint density at radius 1 is 1.56 bits per heavy atom. The van der Waals surface area contributed by atoms with Crippen LogP contribution in [0.2, 0.25) is 0 Å². The second-order valence-electron chi connectivity index (χ2n) is 3.13. The summed E-state index contributed by atoms with van der Waals surface area (Å²) in [6, 6.07) is 0. The summed E-state index contributed by atoms with van der Waals surface area (Å²) in [6.45, 7) is 1.81. The molecule has 0 saturated heterocycles. The Morgan fingerprint density at radius 2 is 2.19 bits per heavy atom. The van der Waals surface area contributed by atoms with Gasteiger partial charge >= 0.3 is 5.97 Å². The Hall–Kier alpha value is -1.01. The van der Waals surface area contributed by atoms with Gasteiger partial charge in [0.15, 0.2) is 0 Å². The Kier molecular flexibility index (Phi) is 7.66. The predicted molar refractivity (Wildman–Crippen MR) is 55.3 cm³/mol.